The van der Waals surface area contributed by atoms with Gasteiger partial charge in [0, 0.05) is 0 Å². The van der Waals surface area contributed by atoms with Gasteiger partial charge in [0.15, 0.2) is 6.10 Å². The third-order valence-electron chi connectivity index (χ3n) is 4.45. The number of hydrogen-bond acceptors (Lipinski definition) is 4. The second kappa shape index (κ2) is 9.27. The number of carbonyl (C=O) groups excluding carboxylic acids is 2. The molecule has 1 aliphatic rings. The van der Waals surface area contributed by atoms with E-state index in [0.717, 1.165) is 18.4 Å². The molecule has 132 valence electrons. The summed E-state index contributed by atoms with van der Waals surface area (Å²) < 4.78 is 5.27. The minimum atomic E-state index is -1.47. The molecule has 2 amide bonds. The van der Waals surface area contributed by atoms with Crippen molar-refractivity contribution in [3.05, 3.63) is 35.9 Å². The Labute approximate surface area is 142 Å². The van der Waals surface area contributed by atoms with Crippen LogP contribution in [-0.2, 0) is 16.0 Å². The van der Waals surface area contributed by atoms with Crippen LogP contribution < -0.4 is 11.1 Å². The number of benzene rings is 1. The number of aliphatic hydroxyl groups is 1. The maximum absolute atomic E-state index is 12.0. The molecule has 2 unspecified atom stereocenters. The molecule has 1 saturated carbocycles. The zero-order valence-electron chi connectivity index (χ0n) is 13.8. The van der Waals surface area contributed by atoms with Crippen molar-refractivity contribution >= 4 is 12.0 Å². The molecule has 1 aromatic carbocycles. The van der Waals surface area contributed by atoms with Gasteiger partial charge in [-0.2, -0.15) is 0 Å². The summed E-state index contributed by atoms with van der Waals surface area (Å²) in [6.07, 6.45) is 3.94. The van der Waals surface area contributed by atoms with Crippen LogP contribution in [0.2, 0.25) is 0 Å². The molecule has 0 bridgehead atoms. The van der Waals surface area contributed by atoms with Crippen LogP contribution in [0.25, 0.3) is 0 Å². The highest BCUT2D eigenvalue weighted by molar-refractivity contribution is 5.80. The fraction of sp³-hybridized carbons (Fsp3) is 0.556. The van der Waals surface area contributed by atoms with Crippen LogP contribution in [-0.4, -0.2) is 35.9 Å². The predicted octanol–water partition coefficient (Wildman–Crippen LogP) is 1.75. The summed E-state index contributed by atoms with van der Waals surface area (Å²) >= 11 is 0. The van der Waals surface area contributed by atoms with Gasteiger partial charge in [-0.05, 0) is 30.7 Å². The molecule has 0 radical (unpaired) electrons. The highest BCUT2D eigenvalue weighted by atomic mass is 16.5. The van der Waals surface area contributed by atoms with E-state index in [1.807, 2.05) is 30.3 Å². The number of primary amides is 1. The van der Waals surface area contributed by atoms with Crippen molar-refractivity contribution in [2.45, 2.75) is 50.7 Å². The normalized spacial score (nSPS) is 17.7. The fourth-order valence-corrected chi connectivity index (χ4v) is 3.05. The van der Waals surface area contributed by atoms with E-state index in [-0.39, 0.29) is 0 Å². The third-order valence-corrected chi connectivity index (χ3v) is 4.45. The van der Waals surface area contributed by atoms with Crippen LogP contribution in [0.15, 0.2) is 30.3 Å². The highest BCUT2D eigenvalue weighted by Crippen LogP contribution is 2.23. The van der Waals surface area contributed by atoms with Gasteiger partial charge in [-0.25, -0.2) is 4.79 Å². The van der Waals surface area contributed by atoms with E-state index in [1.54, 1.807) is 0 Å². The number of carbonyl (C=O) groups is 2. The van der Waals surface area contributed by atoms with Gasteiger partial charge >= 0.3 is 6.09 Å². The van der Waals surface area contributed by atoms with Crippen LogP contribution in [0.1, 0.15) is 37.7 Å². The molecule has 1 fully saturated rings. The van der Waals surface area contributed by atoms with Gasteiger partial charge in [0.2, 0.25) is 5.91 Å². The summed E-state index contributed by atoms with van der Waals surface area (Å²) in [5, 5.41) is 12.5. The predicted molar refractivity (Wildman–Crippen MR) is 90.2 cm³/mol. The first-order valence-corrected chi connectivity index (χ1v) is 8.51. The summed E-state index contributed by atoms with van der Waals surface area (Å²) in [7, 11) is 0. The molecule has 2 rings (SSSR count). The Morgan fingerprint density at radius 1 is 1.21 bits per heavy atom. The maximum atomic E-state index is 12.0. The number of aliphatic hydroxyl groups excluding tert-OH is 1. The van der Waals surface area contributed by atoms with E-state index in [1.165, 1.54) is 19.3 Å². The molecule has 1 aliphatic carbocycles. The van der Waals surface area contributed by atoms with Crippen molar-refractivity contribution in [3.63, 3.8) is 0 Å². The average Bonchev–Trinajstić information content (AvgIpc) is 2.60. The van der Waals surface area contributed by atoms with Crippen molar-refractivity contribution in [2.24, 2.45) is 11.7 Å². The Morgan fingerprint density at radius 3 is 2.50 bits per heavy atom. The second-order valence-corrected chi connectivity index (χ2v) is 6.39. The summed E-state index contributed by atoms with van der Waals surface area (Å²) in [5.74, 6) is -0.471. The summed E-state index contributed by atoms with van der Waals surface area (Å²) in [5.41, 5.74) is 6.06. The molecule has 6 heteroatoms. The number of amides is 2. The van der Waals surface area contributed by atoms with Crippen LogP contribution >= 0.6 is 0 Å². The number of nitrogens with two attached hydrogens (primary N) is 1. The Balaban J connectivity index is 1.88. The molecule has 0 spiro atoms. The van der Waals surface area contributed by atoms with Crippen LogP contribution in [0.4, 0.5) is 4.79 Å². The van der Waals surface area contributed by atoms with Gasteiger partial charge in [-0.3, -0.25) is 4.79 Å². The highest BCUT2D eigenvalue weighted by Gasteiger charge is 2.27. The smallest absolute Gasteiger partial charge is 0.407 e. The van der Waals surface area contributed by atoms with E-state index in [4.69, 9.17) is 10.5 Å². The lowest BCUT2D eigenvalue weighted by molar-refractivity contribution is -0.127. The standard InChI is InChI=1S/C18H26N2O4/c19-17(22)16(21)15(11-13-7-3-1-4-8-13)20-18(23)24-12-14-9-5-2-6-10-14/h1,3-4,7-8,14-16,21H,2,5-6,9-12H2,(H2,19,22)(H,20,23). The lowest BCUT2D eigenvalue weighted by Gasteiger charge is -2.24. The van der Waals surface area contributed by atoms with E-state index in [0.29, 0.717) is 18.9 Å². The molecular formula is C18H26N2O4. The quantitative estimate of drug-likeness (QED) is 0.707. The molecule has 0 heterocycles. The first-order chi connectivity index (χ1) is 11.6. The van der Waals surface area contributed by atoms with Gasteiger partial charge in [0.1, 0.15) is 0 Å². The summed E-state index contributed by atoms with van der Waals surface area (Å²) in [6.45, 7) is 0.372. The lowest BCUT2D eigenvalue weighted by Crippen LogP contribution is -2.50. The minimum absolute atomic E-state index is 0.295. The fourth-order valence-electron chi connectivity index (χ4n) is 3.05. The second-order valence-electron chi connectivity index (χ2n) is 6.39. The Kier molecular flexibility index (Phi) is 7.06. The average molecular weight is 334 g/mol. The zero-order valence-corrected chi connectivity index (χ0v) is 13.8. The van der Waals surface area contributed by atoms with Gasteiger partial charge in [-0.15, -0.1) is 0 Å². The Morgan fingerprint density at radius 2 is 1.88 bits per heavy atom. The van der Waals surface area contributed by atoms with E-state index >= 15 is 0 Å². The van der Waals surface area contributed by atoms with Gasteiger partial charge < -0.3 is 20.9 Å². The van der Waals surface area contributed by atoms with Crippen molar-refractivity contribution in [1.82, 2.24) is 5.32 Å². The summed E-state index contributed by atoms with van der Waals surface area (Å²) in [6, 6.07) is 8.47. The number of rotatable bonds is 7. The van der Waals surface area contributed by atoms with Crippen molar-refractivity contribution in [3.8, 4) is 0 Å². The minimum Gasteiger partial charge on any atom is -0.449 e. The third kappa shape index (κ3) is 5.85. The first-order valence-electron chi connectivity index (χ1n) is 8.51. The number of nitrogens with one attached hydrogen (secondary N) is 1. The van der Waals surface area contributed by atoms with Crippen LogP contribution in [0, 0.1) is 5.92 Å². The number of ether oxygens (including phenoxy) is 1. The van der Waals surface area contributed by atoms with Crippen molar-refractivity contribution in [2.75, 3.05) is 6.61 Å². The monoisotopic (exact) mass is 334 g/mol. The number of hydrogen-bond donors (Lipinski definition) is 3. The topological polar surface area (TPSA) is 102 Å². The molecule has 2 atom stereocenters. The van der Waals surface area contributed by atoms with Gasteiger partial charge in [-0.1, -0.05) is 49.6 Å². The molecule has 0 aliphatic heterocycles. The van der Waals surface area contributed by atoms with Gasteiger partial charge in [0.25, 0.3) is 0 Å². The molecular weight excluding hydrogens is 308 g/mol. The zero-order chi connectivity index (χ0) is 17.4. The summed E-state index contributed by atoms with van der Waals surface area (Å²) in [4.78, 5) is 23.3. The van der Waals surface area contributed by atoms with E-state index < -0.39 is 24.1 Å². The SMILES string of the molecule is NC(=O)C(O)C(Cc1ccccc1)NC(=O)OCC1CCCCC1. The van der Waals surface area contributed by atoms with Gasteiger partial charge in [0.05, 0.1) is 12.6 Å². The molecule has 0 saturated heterocycles. The van der Waals surface area contributed by atoms with Crippen molar-refractivity contribution < 1.29 is 19.4 Å². The first kappa shape index (κ1) is 18.3. The number of alkyl carbamates (subject to hydrolysis) is 1. The molecule has 1 aromatic rings. The molecule has 0 aromatic heterocycles. The van der Waals surface area contributed by atoms with Crippen molar-refractivity contribution in [1.29, 1.82) is 0 Å². The molecule has 24 heavy (non-hydrogen) atoms. The molecule has 6 nitrogen and oxygen atoms in total. The molecule has 4 N–H and O–H groups in total. The largest absolute Gasteiger partial charge is 0.449 e. The Bertz CT molecular complexity index is 529. The van der Waals surface area contributed by atoms with Crippen LogP contribution in [0.5, 0.6) is 0 Å². The van der Waals surface area contributed by atoms with Crippen LogP contribution in [0.3, 0.4) is 0 Å². The lowest BCUT2D eigenvalue weighted by atomic mass is 9.90. The Hall–Kier alpha value is -2.08. The van der Waals surface area contributed by atoms with E-state index in [2.05, 4.69) is 5.32 Å². The van der Waals surface area contributed by atoms with E-state index in [9.17, 15) is 14.7 Å². The maximum Gasteiger partial charge on any atom is 0.407 e.